The van der Waals surface area contributed by atoms with Gasteiger partial charge in [-0.3, -0.25) is 11.3 Å². The van der Waals surface area contributed by atoms with E-state index in [1.807, 2.05) is 17.8 Å². The molecule has 1 aromatic carbocycles. The fourth-order valence-corrected chi connectivity index (χ4v) is 3.48. The van der Waals surface area contributed by atoms with Crippen molar-refractivity contribution in [2.45, 2.75) is 26.0 Å². The smallest absolute Gasteiger partial charge is 0.124 e. The zero-order valence-electron chi connectivity index (χ0n) is 11.7. The number of nitrogens with one attached hydrogen (secondary N) is 1. The summed E-state index contributed by atoms with van der Waals surface area (Å²) >= 11 is 1.90. The van der Waals surface area contributed by atoms with E-state index in [4.69, 9.17) is 15.3 Å². The van der Waals surface area contributed by atoms with E-state index in [9.17, 15) is 0 Å². The molecule has 19 heavy (non-hydrogen) atoms. The van der Waals surface area contributed by atoms with Crippen molar-refractivity contribution < 1.29 is 9.47 Å². The van der Waals surface area contributed by atoms with E-state index < -0.39 is 0 Å². The van der Waals surface area contributed by atoms with Gasteiger partial charge in [-0.25, -0.2) is 0 Å². The van der Waals surface area contributed by atoms with Crippen LogP contribution in [0.5, 0.6) is 5.75 Å². The van der Waals surface area contributed by atoms with Gasteiger partial charge in [0.1, 0.15) is 5.75 Å². The first-order valence-electron chi connectivity index (χ1n) is 6.48. The van der Waals surface area contributed by atoms with Gasteiger partial charge in [-0.15, -0.1) is 0 Å². The number of nitrogens with two attached hydrogens (primary N) is 1. The molecule has 0 bridgehead atoms. The molecule has 1 aromatic rings. The Morgan fingerprint density at radius 3 is 2.84 bits per heavy atom. The Balaban J connectivity index is 2.36. The second-order valence-electron chi connectivity index (χ2n) is 4.83. The molecule has 0 radical (unpaired) electrons. The number of benzene rings is 1. The lowest BCUT2D eigenvalue weighted by molar-refractivity contribution is 0.0459. The highest BCUT2D eigenvalue weighted by Crippen LogP contribution is 2.34. The normalized spacial score (nSPS) is 21.2. The maximum absolute atomic E-state index is 5.85. The molecule has 5 heteroatoms. The molecule has 2 rings (SSSR count). The van der Waals surface area contributed by atoms with Crippen molar-refractivity contribution in [3.05, 3.63) is 28.8 Å². The first kappa shape index (κ1) is 14.7. The third kappa shape index (κ3) is 3.23. The largest absolute Gasteiger partial charge is 0.496 e. The van der Waals surface area contributed by atoms with E-state index in [-0.39, 0.29) is 12.1 Å². The zero-order chi connectivity index (χ0) is 13.8. The van der Waals surface area contributed by atoms with Crippen LogP contribution >= 0.6 is 11.8 Å². The van der Waals surface area contributed by atoms with Crippen molar-refractivity contribution in [1.82, 2.24) is 5.43 Å². The Morgan fingerprint density at radius 2 is 2.26 bits per heavy atom. The number of hydrogen-bond donors (Lipinski definition) is 2. The van der Waals surface area contributed by atoms with E-state index >= 15 is 0 Å². The summed E-state index contributed by atoms with van der Waals surface area (Å²) < 4.78 is 11.4. The van der Waals surface area contributed by atoms with Crippen LogP contribution in [0.4, 0.5) is 0 Å². The van der Waals surface area contributed by atoms with Gasteiger partial charge in [0.25, 0.3) is 0 Å². The number of thioether (sulfide) groups is 1. The summed E-state index contributed by atoms with van der Waals surface area (Å²) in [5, 5.41) is 0. The third-order valence-electron chi connectivity index (χ3n) is 3.42. The highest BCUT2D eigenvalue weighted by Gasteiger charge is 2.29. The zero-order valence-corrected chi connectivity index (χ0v) is 12.5. The summed E-state index contributed by atoms with van der Waals surface area (Å²) in [6.45, 7) is 4.93. The van der Waals surface area contributed by atoms with Crippen molar-refractivity contribution in [2.24, 2.45) is 5.84 Å². The van der Waals surface area contributed by atoms with Crippen LogP contribution in [-0.2, 0) is 4.74 Å². The van der Waals surface area contributed by atoms with E-state index in [0.29, 0.717) is 0 Å². The predicted molar refractivity (Wildman–Crippen MR) is 79.6 cm³/mol. The number of ether oxygens (including phenoxy) is 2. The molecular weight excluding hydrogens is 260 g/mol. The Bertz CT molecular complexity index is 434. The third-order valence-corrected chi connectivity index (χ3v) is 4.44. The van der Waals surface area contributed by atoms with E-state index in [2.05, 4.69) is 25.3 Å². The highest BCUT2D eigenvalue weighted by molar-refractivity contribution is 7.99. The quantitative estimate of drug-likeness (QED) is 0.653. The maximum Gasteiger partial charge on any atom is 0.124 e. The fraction of sp³-hybridized carbons (Fsp3) is 0.571. The summed E-state index contributed by atoms with van der Waals surface area (Å²) in [4.78, 5) is 0. The van der Waals surface area contributed by atoms with Gasteiger partial charge in [-0.2, -0.15) is 11.8 Å². The standard InChI is InChI=1S/C14H22N2O2S/c1-9-6-10(2)13(11(7-9)17-3)14(16-15)12-8-19-5-4-18-12/h6-7,12,14,16H,4-5,8,15H2,1-3H3. The molecule has 4 nitrogen and oxygen atoms in total. The summed E-state index contributed by atoms with van der Waals surface area (Å²) in [7, 11) is 1.70. The van der Waals surface area contributed by atoms with Gasteiger partial charge in [0, 0.05) is 17.1 Å². The molecule has 0 aliphatic carbocycles. The lowest BCUT2D eigenvalue weighted by Gasteiger charge is -2.31. The molecule has 106 valence electrons. The van der Waals surface area contributed by atoms with Gasteiger partial charge in [-0.05, 0) is 31.0 Å². The van der Waals surface area contributed by atoms with Crippen molar-refractivity contribution >= 4 is 11.8 Å². The lowest BCUT2D eigenvalue weighted by Crippen LogP contribution is -2.41. The summed E-state index contributed by atoms with van der Waals surface area (Å²) in [5.41, 5.74) is 6.37. The Labute approximate surface area is 119 Å². The minimum Gasteiger partial charge on any atom is -0.496 e. The Hall–Kier alpha value is -0.750. The summed E-state index contributed by atoms with van der Waals surface area (Å²) in [5.74, 6) is 8.65. The fourth-order valence-electron chi connectivity index (χ4n) is 2.58. The summed E-state index contributed by atoms with van der Waals surface area (Å²) in [6.07, 6.45) is 0.0825. The second-order valence-corrected chi connectivity index (χ2v) is 5.98. The van der Waals surface area contributed by atoms with Crippen LogP contribution in [0, 0.1) is 13.8 Å². The van der Waals surface area contributed by atoms with E-state index in [1.165, 1.54) is 11.1 Å². The van der Waals surface area contributed by atoms with Crippen LogP contribution in [-0.4, -0.2) is 31.3 Å². The number of rotatable bonds is 4. The van der Waals surface area contributed by atoms with Gasteiger partial charge in [0.15, 0.2) is 0 Å². The number of aryl methyl sites for hydroxylation is 2. The SMILES string of the molecule is COc1cc(C)cc(C)c1C(NN)C1CSCCO1. The maximum atomic E-state index is 5.85. The van der Waals surface area contributed by atoms with Crippen LogP contribution < -0.4 is 16.0 Å². The molecule has 2 atom stereocenters. The van der Waals surface area contributed by atoms with Crippen molar-refractivity contribution in [3.63, 3.8) is 0 Å². The monoisotopic (exact) mass is 282 g/mol. The lowest BCUT2D eigenvalue weighted by atomic mass is 9.95. The van der Waals surface area contributed by atoms with Crippen LogP contribution in [0.25, 0.3) is 0 Å². The molecule has 0 aromatic heterocycles. The molecule has 2 unspecified atom stereocenters. The second kappa shape index (κ2) is 6.61. The van der Waals surface area contributed by atoms with Crippen LogP contribution in [0.1, 0.15) is 22.7 Å². The molecule has 3 N–H and O–H groups in total. The Morgan fingerprint density at radius 1 is 1.47 bits per heavy atom. The molecule has 1 saturated heterocycles. The minimum atomic E-state index is -0.0386. The summed E-state index contributed by atoms with van der Waals surface area (Å²) in [6, 6.07) is 4.16. The predicted octanol–water partition coefficient (Wildman–Crippen LogP) is 1.95. The highest BCUT2D eigenvalue weighted by atomic mass is 32.2. The topological polar surface area (TPSA) is 56.5 Å². The molecular formula is C14H22N2O2S. The average Bonchev–Trinajstić information content (AvgIpc) is 2.42. The molecule has 0 spiro atoms. The molecule has 1 fully saturated rings. The van der Waals surface area contributed by atoms with Gasteiger partial charge >= 0.3 is 0 Å². The first-order valence-corrected chi connectivity index (χ1v) is 7.63. The molecule has 1 aliphatic rings. The van der Waals surface area contributed by atoms with Crippen LogP contribution in [0.3, 0.4) is 0 Å². The number of hydrogen-bond acceptors (Lipinski definition) is 5. The van der Waals surface area contributed by atoms with E-state index in [1.54, 1.807) is 7.11 Å². The molecule has 1 aliphatic heterocycles. The van der Waals surface area contributed by atoms with Crippen LogP contribution in [0.2, 0.25) is 0 Å². The first-order chi connectivity index (χ1) is 9.17. The molecule has 0 amide bonds. The van der Waals surface area contributed by atoms with Gasteiger partial charge in [0.05, 0.1) is 25.9 Å². The van der Waals surface area contributed by atoms with Crippen molar-refractivity contribution in [3.8, 4) is 5.75 Å². The van der Waals surface area contributed by atoms with E-state index in [0.717, 1.165) is 29.4 Å². The van der Waals surface area contributed by atoms with Gasteiger partial charge in [-0.1, -0.05) is 6.07 Å². The minimum absolute atomic E-state index is 0.0386. The average molecular weight is 282 g/mol. The molecule has 0 saturated carbocycles. The van der Waals surface area contributed by atoms with Gasteiger partial charge < -0.3 is 9.47 Å². The molecule has 1 heterocycles. The number of methoxy groups -OCH3 is 1. The Kier molecular flexibility index (Phi) is 5.10. The van der Waals surface area contributed by atoms with Gasteiger partial charge in [0.2, 0.25) is 0 Å². The van der Waals surface area contributed by atoms with Crippen LogP contribution in [0.15, 0.2) is 12.1 Å². The van der Waals surface area contributed by atoms with Crippen molar-refractivity contribution in [1.29, 1.82) is 0 Å². The number of hydrazine groups is 1. The van der Waals surface area contributed by atoms with Crippen molar-refractivity contribution in [2.75, 3.05) is 25.2 Å².